The number of benzene rings is 1. The number of aromatic nitrogens is 6. The Morgan fingerprint density at radius 3 is 2.86 bits per heavy atom. The molecule has 12 heteroatoms. The SMILES string of the molecule is CCOC(=O)CCCCSc1ncnc2c1ncn2Cc1ccc2c(c1)N(COC)c1nccnc1S2. The number of hydrogen-bond acceptors (Lipinski definition) is 11. The van der Waals surface area contributed by atoms with Gasteiger partial charge in [0.15, 0.2) is 11.5 Å². The molecule has 37 heavy (non-hydrogen) atoms. The van der Waals surface area contributed by atoms with E-state index < -0.39 is 0 Å². The Balaban J connectivity index is 1.30. The molecule has 1 aliphatic heterocycles. The first-order valence-electron chi connectivity index (χ1n) is 12.0. The monoisotopic (exact) mass is 537 g/mol. The first-order valence-corrected chi connectivity index (χ1v) is 13.8. The van der Waals surface area contributed by atoms with Gasteiger partial charge in [0.05, 0.1) is 25.2 Å². The summed E-state index contributed by atoms with van der Waals surface area (Å²) in [6.07, 6.45) is 8.94. The highest BCUT2D eigenvalue weighted by Crippen LogP contribution is 2.46. The average molecular weight is 538 g/mol. The molecular weight excluding hydrogens is 510 g/mol. The summed E-state index contributed by atoms with van der Waals surface area (Å²) in [6, 6.07) is 6.39. The van der Waals surface area contributed by atoms with Crippen molar-refractivity contribution in [2.45, 2.75) is 47.7 Å². The van der Waals surface area contributed by atoms with Crippen molar-refractivity contribution in [3.05, 3.63) is 48.8 Å². The molecule has 0 saturated heterocycles. The van der Waals surface area contributed by atoms with E-state index in [1.807, 2.05) is 22.7 Å². The summed E-state index contributed by atoms with van der Waals surface area (Å²) in [5.41, 5.74) is 3.73. The van der Waals surface area contributed by atoms with E-state index in [0.29, 0.717) is 26.3 Å². The predicted molar refractivity (Wildman–Crippen MR) is 142 cm³/mol. The van der Waals surface area contributed by atoms with Crippen LogP contribution in [0.3, 0.4) is 0 Å². The standard InChI is InChI=1S/C25H27N7O3S2/c1-3-35-20(33)6-4-5-11-36-24-21-22(28-14-29-24)31(15-30-21)13-17-7-8-19-18(12-17)32(16-34-2)23-25(37-19)27-10-9-26-23/h7-10,12,14-15H,3-6,11,13,16H2,1-2H3. The first kappa shape index (κ1) is 25.4. The number of methoxy groups -OCH3 is 1. The van der Waals surface area contributed by atoms with E-state index in [-0.39, 0.29) is 5.97 Å². The Bertz CT molecular complexity index is 1400. The van der Waals surface area contributed by atoms with Crippen LogP contribution in [0, 0.1) is 0 Å². The van der Waals surface area contributed by atoms with Crippen LogP contribution in [0.15, 0.2) is 58.2 Å². The van der Waals surface area contributed by atoms with Gasteiger partial charge < -0.3 is 14.0 Å². The van der Waals surface area contributed by atoms with Gasteiger partial charge in [-0.25, -0.2) is 24.9 Å². The van der Waals surface area contributed by atoms with Gasteiger partial charge in [0.25, 0.3) is 0 Å². The molecule has 0 atom stereocenters. The summed E-state index contributed by atoms with van der Waals surface area (Å²) in [5, 5.41) is 1.71. The van der Waals surface area contributed by atoms with E-state index in [2.05, 4.69) is 43.1 Å². The number of esters is 1. The number of rotatable bonds is 11. The van der Waals surface area contributed by atoms with Gasteiger partial charge in [-0.1, -0.05) is 17.8 Å². The van der Waals surface area contributed by atoms with Gasteiger partial charge in [0.2, 0.25) is 0 Å². The number of thioether (sulfide) groups is 1. The quantitative estimate of drug-likeness (QED) is 0.115. The Kier molecular flexibility index (Phi) is 8.17. The normalized spacial score (nSPS) is 12.4. The van der Waals surface area contributed by atoms with Crippen molar-refractivity contribution in [2.75, 3.05) is 31.1 Å². The molecule has 192 valence electrons. The number of ether oxygens (including phenoxy) is 2. The van der Waals surface area contributed by atoms with E-state index in [4.69, 9.17) is 9.47 Å². The van der Waals surface area contributed by atoms with Crippen LogP contribution in [-0.2, 0) is 20.8 Å². The zero-order valence-electron chi connectivity index (χ0n) is 20.7. The Hall–Kier alpha value is -3.22. The number of imidazole rings is 1. The van der Waals surface area contributed by atoms with E-state index in [1.54, 1.807) is 49.4 Å². The van der Waals surface area contributed by atoms with Crippen molar-refractivity contribution < 1.29 is 14.3 Å². The van der Waals surface area contributed by atoms with Gasteiger partial charge in [0.1, 0.15) is 28.6 Å². The second-order valence-electron chi connectivity index (χ2n) is 8.27. The minimum Gasteiger partial charge on any atom is -0.466 e. The number of carbonyl (C=O) groups excluding carboxylic acids is 1. The molecule has 5 rings (SSSR count). The molecule has 4 heterocycles. The largest absolute Gasteiger partial charge is 0.466 e. The van der Waals surface area contributed by atoms with Crippen molar-refractivity contribution in [1.82, 2.24) is 29.5 Å². The van der Waals surface area contributed by atoms with Crippen molar-refractivity contribution in [2.24, 2.45) is 0 Å². The van der Waals surface area contributed by atoms with E-state index in [9.17, 15) is 4.79 Å². The second-order valence-corrected chi connectivity index (χ2v) is 10.4. The average Bonchev–Trinajstić information content (AvgIpc) is 3.32. The van der Waals surface area contributed by atoms with E-state index >= 15 is 0 Å². The third kappa shape index (κ3) is 5.71. The number of anilines is 2. The molecule has 0 amide bonds. The fourth-order valence-corrected chi connectivity index (χ4v) is 5.99. The van der Waals surface area contributed by atoms with Crippen molar-refractivity contribution in [3.8, 4) is 0 Å². The smallest absolute Gasteiger partial charge is 0.305 e. The number of fused-ring (bicyclic) bond motifs is 3. The van der Waals surface area contributed by atoms with Gasteiger partial charge in [-0.05, 0) is 43.2 Å². The number of unbranched alkanes of at least 4 members (excludes halogenated alkanes) is 1. The van der Waals surface area contributed by atoms with E-state index in [0.717, 1.165) is 61.8 Å². The molecule has 4 aromatic rings. The third-order valence-corrected chi connectivity index (χ3v) is 7.83. The summed E-state index contributed by atoms with van der Waals surface area (Å²) in [4.78, 5) is 37.2. The molecule has 0 saturated carbocycles. The van der Waals surface area contributed by atoms with Crippen molar-refractivity contribution in [1.29, 1.82) is 0 Å². The molecule has 0 radical (unpaired) electrons. The fraction of sp³-hybridized carbons (Fsp3) is 0.360. The van der Waals surface area contributed by atoms with Crippen LogP contribution >= 0.6 is 23.5 Å². The lowest BCUT2D eigenvalue weighted by Gasteiger charge is -2.30. The maximum Gasteiger partial charge on any atom is 0.305 e. The molecule has 0 fully saturated rings. The summed E-state index contributed by atoms with van der Waals surface area (Å²) in [6.45, 7) is 3.24. The molecule has 1 aliphatic rings. The lowest BCUT2D eigenvalue weighted by molar-refractivity contribution is -0.143. The van der Waals surface area contributed by atoms with E-state index in [1.165, 1.54) is 0 Å². The highest BCUT2D eigenvalue weighted by atomic mass is 32.2. The number of nitrogens with zero attached hydrogens (tertiary/aromatic N) is 7. The van der Waals surface area contributed by atoms with Gasteiger partial charge in [0, 0.05) is 30.8 Å². The van der Waals surface area contributed by atoms with Crippen LogP contribution in [0.25, 0.3) is 11.2 Å². The van der Waals surface area contributed by atoms with Gasteiger partial charge in [-0.2, -0.15) is 0 Å². The Morgan fingerprint density at radius 2 is 2.00 bits per heavy atom. The third-order valence-electron chi connectivity index (χ3n) is 5.72. The lowest BCUT2D eigenvalue weighted by Crippen LogP contribution is -2.24. The Labute approximate surface area is 223 Å². The molecule has 0 spiro atoms. The van der Waals surface area contributed by atoms with Crippen LogP contribution in [0.4, 0.5) is 11.5 Å². The molecule has 0 N–H and O–H groups in total. The van der Waals surface area contributed by atoms with Crippen LogP contribution in [0.2, 0.25) is 0 Å². The van der Waals surface area contributed by atoms with Crippen LogP contribution in [0.1, 0.15) is 31.7 Å². The summed E-state index contributed by atoms with van der Waals surface area (Å²) in [7, 11) is 1.68. The maximum atomic E-state index is 11.5. The first-order chi connectivity index (χ1) is 18.2. The maximum absolute atomic E-state index is 11.5. The fourth-order valence-electron chi connectivity index (χ4n) is 4.06. The molecule has 0 aliphatic carbocycles. The zero-order valence-corrected chi connectivity index (χ0v) is 22.3. The zero-order chi connectivity index (χ0) is 25.6. The minimum atomic E-state index is -0.140. The van der Waals surface area contributed by atoms with Gasteiger partial charge in [-0.3, -0.25) is 9.69 Å². The van der Waals surface area contributed by atoms with Crippen LogP contribution < -0.4 is 4.90 Å². The summed E-state index contributed by atoms with van der Waals surface area (Å²) < 4.78 is 12.5. The molecular formula is C25H27N7O3S2. The number of hydrogen-bond donors (Lipinski definition) is 0. The molecule has 0 unspecified atom stereocenters. The topological polar surface area (TPSA) is 108 Å². The summed E-state index contributed by atoms with van der Waals surface area (Å²) >= 11 is 3.25. The molecule has 0 bridgehead atoms. The van der Waals surface area contributed by atoms with Gasteiger partial charge in [-0.15, -0.1) is 11.8 Å². The minimum absolute atomic E-state index is 0.140. The number of carbonyl (C=O) groups is 1. The molecule has 10 nitrogen and oxygen atoms in total. The van der Waals surface area contributed by atoms with Gasteiger partial charge >= 0.3 is 5.97 Å². The highest BCUT2D eigenvalue weighted by molar-refractivity contribution is 7.99. The highest BCUT2D eigenvalue weighted by Gasteiger charge is 2.26. The van der Waals surface area contributed by atoms with Crippen LogP contribution in [0.5, 0.6) is 0 Å². The molecule has 1 aromatic carbocycles. The lowest BCUT2D eigenvalue weighted by atomic mass is 10.2. The Morgan fingerprint density at radius 1 is 1.11 bits per heavy atom. The summed E-state index contributed by atoms with van der Waals surface area (Å²) in [5.74, 6) is 1.50. The predicted octanol–water partition coefficient (Wildman–Crippen LogP) is 4.70. The van der Waals surface area contributed by atoms with Crippen LogP contribution in [-0.4, -0.2) is 61.7 Å². The van der Waals surface area contributed by atoms with Crippen molar-refractivity contribution in [3.63, 3.8) is 0 Å². The molecule has 3 aromatic heterocycles. The van der Waals surface area contributed by atoms with Crippen molar-refractivity contribution >= 4 is 52.2 Å². The second kappa shape index (κ2) is 11.9.